The van der Waals surface area contributed by atoms with E-state index in [-0.39, 0.29) is 36.0 Å². The number of ether oxygens (including phenoxy) is 1. The molecule has 1 aliphatic heterocycles. The van der Waals surface area contributed by atoms with Crippen molar-refractivity contribution in [2.45, 2.75) is 31.6 Å². The molecule has 13 heteroatoms. The van der Waals surface area contributed by atoms with Gasteiger partial charge >= 0.3 is 0 Å². The van der Waals surface area contributed by atoms with Crippen LogP contribution in [0.5, 0.6) is 0 Å². The van der Waals surface area contributed by atoms with Crippen molar-refractivity contribution in [2.24, 2.45) is 5.92 Å². The molecule has 1 saturated heterocycles. The predicted molar refractivity (Wildman–Crippen MR) is 131 cm³/mol. The second-order valence-corrected chi connectivity index (χ2v) is 9.42. The zero-order valence-electron chi connectivity index (χ0n) is 18.5. The number of nitrogens with zero attached hydrogens (tertiary/aromatic N) is 4. The van der Waals surface area contributed by atoms with Crippen molar-refractivity contribution < 1.29 is 20.1 Å². The number of aryl methyl sites for hydroxylation is 1. The Labute approximate surface area is 205 Å². The number of pyridine rings is 1. The fraction of sp³-hybridized carbons (Fsp3) is 0.524. The molecule has 34 heavy (non-hydrogen) atoms. The number of rotatable bonds is 5. The van der Waals surface area contributed by atoms with E-state index < -0.39 is 24.2 Å². The van der Waals surface area contributed by atoms with Crippen LogP contribution in [0, 0.1) is 12.8 Å². The largest absolute Gasteiger partial charge is 0.396 e. The lowest BCUT2D eigenvalue weighted by Crippen LogP contribution is -2.39. The van der Waals surface area contributed by atoms with Crippen LogP contribution in [0.2, 0.25) is 0 Å². The zero-order valence-corrected chi connectivity index (χ0v) is 20.1. The van der Waals surface area contributed by atoms with Crippen LogP contribution in [0.25, 0.3) is 20.8 Å². The van der Waals surface area contributed by atoms with Gasteiger partial charge in [0.15, 0.2) is 0 Å². The van der Waals surface area contributed by atoms with Gasteiger partial charge in [-0.2, -0.15) is 4.98 Å². The number of halogens is 1. The zero-order chi connectivity index (χ0) is 23.1. The summed E-state index contributed by atoms with van der Waals surface area (Å²) < 4.78 is 6.30. The molecule has 5 rings (SSSR count). The van der Waals surface area contributed by atoms with Crippen LogP contribution in [0.3, 0.4) is 0 Å². The SMILES string of the molecule is Cc1nccc2sc(-c3c(N[C@@H]4C[C@H](CO)[C@@H](O)[C@H]4O)nc(N4CCOCC4)[nH]c3=O)nc12.Cl. The molecular weight excluding hydrogens is 484 g/mol. The fourth-order valence-electron chi connectivity index (χ4n) is 4.40. The van der Waals surface area contributed by atoms with Gasteiger partial charge in [0.1, 0.15) is 28.0 Å². The van der Waals surface area contributed by atoms with Crippen LogP contribution >= 0.6 is 23.7 Å². The van der Waals surface area contributed by atoms with E-state index in [1.54, 1.807) is 6.20 Å². The first-order valence-corrected chi connectivity index (χ1v) is 11.7. The molecule has 184 valence electrons. The number of thiazole rings is 1. The Balaban J connectivity index is 0.00000274. The molecule has 5 N–H and O–H groups in total. The molecule has 0 unspecified atom stereocenters. The molecule has 0 radical (unpaired) electrons. The molecule has 3 aromatic rings. The minimum Gasteiger partial charge on any atom is -0.396 e. The maximum atomic E-state index is 13.3. The Kier molecular flexibility index (Phi) is 7.36. The highest BCUT2D eigenvalue weighted by Crippen LogP contribution is 2.35. The minimum atomic E-state index is -1.11. The van der Waals surface area contributed by atoms with Gasteiger partial charge in [-0.15, -0.1) is 23.7 Å². The molecule has 2 fully saturated rings. The molecule has 0 amide bonds. The van der Waals surface area contributed by atoms with Crippen molar-refractivity contribution in [3.8, 4) is 10.6 Å². The number of anilines is 2. The summed E-state index contributed by atoms with van der Waals surface area (Å²) in [6, 6.07) is 1.27. The number of hydrogen-bond acceptors (Lipinski definition) is 11. The lowest BCUT2D eigenvalue weighted by molar-refractivity contribution is 0.00446. The Morgan fingerprint density at radius 1 is 1.26 bits per heavy atom. The van der Waals surface area contributed by atoms with Crippen LogP contribution in [0.4, 0.5) is 11.8 Å². The second kappa shape index (κ2) is 10.1. The number of morpholine rings is 1. The number of aliphatic hydroxyl groups excluding tert-OH is 3. The molecule has 4 atom stereocenters. The third-order valence-corrected chi connectivity index (χ3v) is 7.32. The van der Waals surface area contributed by atoms with Gasteiger partial charge in [-0.25, -0.2) is 4.98 Å². The summed E-state index contributed by atoms with van der Waals surface area (Å²) in [5.74, 6) is 0.220. The lowest BCUT2D eigenvalue weighted by Gasteiger charge is -2.28. The van der Waals surface area contributed by atoms with Gasteiger partial charge in [0.05, 0.1) is 35.8 Å². The predicted octanol–water partition coefficient (Wildman–Crippen LogP) is 0.523. The Morgan fingerprint density at radius 3 is 2.71 bits per heavy atom. The first-order chi connectivity index (χ1) is 16.0. The molecule has 1 saturated carbocycles. The van der Waals surface area contributed by atoms with Crippen molar-refractivity contribution in [3.63, 3.8) is 0 Å². The van der Waals surface area contributed by atoms with E-state index in [0.717, 1.165) is 15.9 Å². The minimum absolute atomic E-state index is 0. The summed E-state index contributed by atoms with van der Waals surface area (Å²) in [5.41, 5.74) is 1.39. The van der Waals surface area contributed by atoms with Gasteiger partial charge in [0.25, 0.3) is 5.56 Å². The number of hydrogen-bond donors (Lipinski definition) is 5. The molecule has 0 spiro atoms. The van der Waals surface area contributed by atoms with E-state index in [0.29, 0.717) is 43.7 Å². The summed E-state index contributed by atoms with van der Waals surface area (Å²) in [4.78, 5) is 31.7. The van der Waals surface area contributed by atoms with E-state index in [1.807, 2.05) is 17.9 Å². The maximum absolute atomic E-state index is 13.3. The first-order valence-electron chi connectivity index (χ1n) is 10.9. The average Bonchev–Trinajstić information content (AvgIpc) is 3.36. The molecule has 0 aromatic carbocycles. The number of aromatic nitrogens is 4. The first kappa shape index (κ1) is 24.8. The fourth-order valence-corrected chi connectivity index (χ4v) is 5.46. The van der Waals surface area contributed by atoms with E-state index in [9.17, 15) is 20.1 Å². The van der Waals surface area contributed by atoms with Crippen molar-refractivity contribution in [3.05, 3.63) is 28.3 Å². The maximum Gasteiger partial charge on any atom is 0.264 e. The summed E-state index contributed by atoms with van der Waals surface area (Å²) in [6.45, 7) is 3.86. The number of aromatic amines is 1. The number of H-pyrrole nitrogens is 1. The molecule has 1 aliphatic carbocycles. The van der Waals surface area contributed by atoms with Gasteiger partial charge in [-0.3, -0.25) is 14.8 Å². The van der Waals surface area contributed by atoms with Crippen LogP contribution in [0.15, 0.2) is 17.1 Å². The van der Waals surface area contributed by atoms with Gasteiger partial charge in [-0.1, -0.05) is 0 Å². The summed E-state index contributed by atoms with van der Waals surface area (Å²) in [6.07, 6.45) is -0.131. The highest BCUT2D eigenvalue weighted by Gasteiger charge is 2.41. The summed E-state index contributed by atoms with van der Waals surface area (Å²) >= 11 is 1.36. The topological polar surface area (TPSA) is 157 Å². The average molecular weight is 511 g/mol. The van der Waals surface area contributed by atoms with E-state index in [2.05, 4.69) is 20.3 Å². The van der Waals surface area contributed by atoms with Gasteiger partial charge in [0, 0.05) is 31.8 Å². The monoisotopic (exact) mass is 510 g/mol. The van der Waals surface area contributed by atoms with Crippen LogP contribution in [-0.2, 0) is 4.74 Å². The van der Waals surface area contributed by atoms with Crippen LogP contribution in [-0.4, -0.2) is 86.4 Å². The Morgan fingerprint density at radius 2 is 2.03 bits per heavy atom. The summed E-state index contributed by atoms with van der Waals surface area (Å²) in [7, 11) is 0. The lowest BCUT2D eigenvalue weighted by atomic mass is 10.1. The molecule has 2 aliphatic rings. The third-order valence-electron chi connectivity index (χ3n) is 6.28. The van der Waals surface area contributed by atoms with Crippen molar-refractivity contribution in [1.82, 2.24) is 19.9 Å². The standard InChI is InChI=1S/C21H26N6O5S.ClH/c1-10-15-13(2-3-22-10)33-20(24-15)14-18(23-12-8-11(9-28)16(29)17(12)30)25-21(26-19(14)31)27-4-6-32-7-5-27;/h2-3,11-12,16-17,28-30H,4-9H2,1H3,(H2,23,25,26,31);1H/t11-,12-,16-,17+;/m1./s1. The summed E-state index contributed by atoms with van der Waals surface area (Å²) in [5, 5.41) is 34.0. The molecule has 4 heterocycles. The molecule has 0 bridgehead atoms. The van der Waals surface area contributed by atoms with Crippen molar-refractivity contribution in [1.29, 1.82) is 0 Å². The molecule has 11 nitrogen and oxygen atoms in total. The van der Waals surface area contributed by atoms with Gasteiger partial charge in [0.2, 0.25) is 5.95 Å². The number of nitrogens with one attached hydrogen (secondary N) is 2. The highest BCUT2D eigenvalue weighted by atomic mass is 35.5. The number of aliphatic hydroxyl groups is 3. The van der Waals surface area contributed by atoms with Gasteiger partial charge in [-0.05, 0) is 19.4 Å². The molecule has 3 aromatic heterocycles. The van der Waals surface area contributed by atoms with Crippen molar-refractivity contribution >= 4 is 45.7 Å². The van der Waals surface area contributed by atoms with E-state index in [4.69, 9.17) is 9.72 Å². The van der Waals surface area contributed by atoms with Gasteiger partial charge < -0.3 is 30.3 Å². The van der Waals surface area contributed by atoms with E-state index >= 15 is 0 Å². The Bertz CT molecular complexity index is 1220. The van der Waals surface area contributed by atoms with Crippen molar-refractivity contribution in [2.75, 3.05) is 43.1 Å². The normalized spacial score (nSPS) is 24.9. The third kappa shape index (κ3) is 4.49. The van der Waals surface area contributed by atoms with E-state index in [1.165, 1.54) is 11.3 Å². The number of fused-ring (bicyclic) bond motifs is 1. The second-order valence-electron chi connectivity index (χ2n) is 8.39. The molecular formula is C21H27ClN6O5S. The quantitative estimate of drug-likeness (QED) is 0.328. The highest BCUT2D eigenvalue weighted by molar-refractivity contribution is 7.21. The smallest absolute Gasteiger partial charge is 0.264 e. The van der Waals surface area contributed by atoms with Crippen LogP contribution in [0.1, 0.15) is 12.1 Å². The van der Waals surface area contributed by atoms with Crippen LogP contribution < -0.4 is 15.8 Å². The Hall–Kier alpha value is -2.35.